The molecule has 0 bridgehead atoms. The van der Waals surface area contributed by atoms with Crippen LogP contribution in [0.5, 0.6) is 0 Å². The van der Waals surface area contributed by atoms with E-state index in [1.54, 1.807) is 10.7 Å². The average molecular weight is 614 g/mol. The lowest BCUT2D eigenvalue weighted by atomic mass is 9.94. The van der Waals surface area contributed by atoms with Gasteiger partial charge in [-0.3, -0.25) is 24.4 Å². The second kappa shape index (κ2) is 12.3. The fraction of sp³-hybridized carbons (Fsp3) is 0.344. The van der Waals surface area contributed by atoms with Crippen molar-refractivity contribution in [2.75, 3.05) is 30.8 Å². The molecule has 11 nitrogen and oxygen atoms in total. The summed E-state index contributed by atoms with van der Waals surface area (Å²) in [5.41, 5.74) is 7.16. The first-order valence-corrected chi connectivity index (χ1v) is 15.5. The minimum Gasteiger partial charge on any atom is -0.480 e. The molecule has 2 aromatic carbocycles. The van der Waals surface area contributed by atoms with Gasteiger partial charge in [-0.1, -0.05) is 24.3 Å². The first kappa shape index (κ1) is 29.7. The van der Waals surface area contributed by atoms with Crippen LogP contribution in [0.25, 0.3) is 11.1 Å². The van der Waals surface area contributed by atoms with Crippen LogP contribution in [0.1, 0.15) is 66.6 Å². The minimum atomic E-state index is -0.927. The van der Waals surface area contributed by atoms with Crippen molar-refractivity contribution in [2.24, 2.45) is 0 Å². The smallest absolute Gasteiger partial charge is 0.317 e. The van der Waals surface area contributed by atoms with E-state index in [1.807, 2.05) is 50.2 Å². The Bertz CT molecular complexity index is 1760. The summed E-state index contributed by atoms with van der Waals surface area (Å²) in [5.74, 6) is -1.48. The van der Waals surface area contributed by atoms with E-state index in [2.05, 4.69) is 38.0 Å². The molecule has 4 heterocycles. The van der Waals surface area contributed by atoms with Crippen molar-refractivity contribution in [2.45, 2.75) is 52.2 Å². The third-order valence-electron chi connectivity index (χ3n) is 8.33. The Balaban J connectivity index is 1.20. The van der Waals surface area contributed by atoms with Crippen LogP contribution in [0, 0.1) is 13.8 Å². The molecule has 0 saturated heterocycles. The van der Waals surface area contributed by atoms with Crippen molar-refractivity contribution in [3.05, 3.63) is 80.6 Å². The topological polar surface area (TPSA) is 141 Å². The highest BCUT2D eigenvalue weighted by Crippen LogP contribution is 2.35. The number of hydrogen-bond acceptors (Lipinski definition) is 8. The Labute approximate surface area is 259 Å². The number of benzene rings is 2. The number of aromatic nitrogens is 3. The number of carboxylic acids is 1. The number of rotatable bonds is 8. The summed E-state index contributed by atoms with van der Waals surface area (Å²) < 4.78 is 1.78. The molecular formula is C32H35N7O4S. The van der Waals surface area contributed by atoms with Gasteiger partial charge in [0.2, 0.25) is 0 Å². The number of amides is 2. The standard InChI is InChI=1S/C32H35N7O4S/c1-18-20(21-8-5-10-23(19(21)2)35-31(43)32-36-25-12-14-38(3)17-28(25)44-32)7-4-9-22(18)34-30(42)26-15-27-24(33-16-29(40)41)11-6-13-39(27)37-26/h4-5,7-10,15,24,33H,6,11-14,16-17H2,1-3H3,(H,34,42)(H,35,43)(H,40,41). The maximum absolute atomic E-state index is 13.3. The van der Waals surface area contributed by atoms with Crippen LogP contribution in [0.2, 0.25) is 0 Å². The molecule has 44 heavy (non-hydrogen) atoms. The zero-order valence-electron chi connectivity index (χ0n) is 24.9. The zero-order chi connectivity index (χ0) is 31.0. The molecule has 2 aliphatic rings. The van der Waals surface area contributed by atoms with Crippen LogP contribution in [-0.2, 0) is 24.3 Å². The summed E-state index contributed by atoms with van der Waals surface area (Å²) in [6, 6.07) is 13.1. The normalized spacial score (nSPS) is 16.2. The highest BCUT2D eigenvalue weighted by Gasteiger charge is 2.26. The number of anilines is 2. The molecule has 0 fully saturated rings. The Kier molecular flexibility index (Phi) is 8.30. The van der Waals surface area contributed by atoms with Gasteiger partial charge >= 0.3 is 5.97 Å². The van der Waals surface area contributed by atoms with E-state index in [4.69, 9.17) is 5.11 Å². The molecule has 0 aliphatic carbocycles. The molecule has 2 aromatic heterocycles. The Hall–Kier alpha value is -4.39. The molecule has 4 aromatic rings. The average Bonchev–Trinajstić information content (AvgIpc) is 3.63. The van der Waals surface area contributed by atoms with E-state index in [0.29, 0.717) is 22.9 Å². The van der Waals surface area contributed by atoms with Crippen molar-refractivity contribution in [3.63, 3.8) is 0 Å². The Morgan fingerprint density at radius 2 is 1.68 bits per heavy atom. The lowest BCUT2D eigenvalue weighted by Crippen LogP contribution is -2.31. The van der Waals surface area contributed by atoms with Gasteiger partial charge in [0.25, 0.3) is 11.8 Å². The molecule has 4 N–H and O–H groups in total. The van der Waals surface area contributed by atoms with Crippen LogP contribution in [0.3, 0.4) is 0 Å². The van der Waals surface area contributed by atoms with Gasteiger partial charge in [-0.2, -0.15) is 5.10 Å². The number of nitrogens with zero attached hydrogens (tertiary/aromatic N) is 4. The zero-order valence-corrected chi connectivity index (χ0v) is 25.8. The number of aliphatic carboxylic acids is 1. The highest BCUT2D eigenvalue weighted by molar-refractivity contribution is 7.13. The monoisotopic (exact) mass is 613 g/mol. The van der Waals surface area contributed by atoms with Gasteiger partial charge in [0.1, 0.15) is 0 Å². The number of hydrogen-bond donors (Lipinski definition) is 4. The van der Waals surface area contributed by atoms with Crippen LogP contribution in [0.15, 0.2) is 42.5 Å². The molecule has 1 unspecified atom stereocenters. The van der Waals surface area contributed by atoms with Crippen LogP contribution in [-0.4, -0.2) is 62.7 Å². The SMILES string of the molecule is Cc1c(NC(=O)c2cc3n(n2)CCCC3NCC(=O)O)cccc1-c1cccc(NC(=O)c2nc3c(s2)CN(C)CC3)c1C. The van der Waals surface area contributed by atoms with Gasteiger partial charge in [-0.05, 0) is 74.2 Å². The fourth-order valence-electron chi connectivity index (χ4n) is 5.92. The van der Waals surface area contributed by atoms with Crippen LogP contribution >= 0.6 is 11.3 Å². The number of nitrogens with one attached hydrogen (secondary N) is 3. The summed E-state index contributed by atoms with van der Waals surface area (Å²) in [4.78, 5) is 45.6. The van der Waals surface area contributed by atoms with Gasteiger partial charge in [-0.15, -0.1) is 11.3 Å². The summed E-state index contributed by atoms with van der Waals surface area (Å²) in [6.45, 7) is 6.21. The van der Waals surface area contributed by atoms with Gasteiger partial charge in [0.05, 0.1) is 17.9 Å². The number of aryl methyl sites for hydroxylation is 1. The van der Waals surface area contributed by atoms with E-state index in [1.165, 1.54) is 11.3 Å². The van der Waals surface area contributed by atoms with E-state index in [-0.39, 0.29) is 30.1 Å². The molecule has 2 amide bonds. The lowest BCUT2D eigenvalue weighted by Gasteiger charge is -2.23. The second-order valence-electron chi connectivity index (χ2n) is 11.4. The predicted molar refractivity (Wildman–Crippen MR) is 169 cm³/mol. The van der Waals surface area contributed by atoms with Crippen molar-refractivity contribution < 1.29 is 19.5 Å². The minimum absolute atomic E-state index is 0.155. The summed E-state index contributed by atoms with van der Waals surface area (Å²) in [6.07, 6.45) is 2.48. The summed E-state index contributed by atoms with van der Waals surface area (Å²) in [5, 5.41) is 23.2. The molecule has 0 saturated carbocycles. The molecule has 0 radical (unpaired) electrons. The van der Waals surface area contributed by atoms with Crippen molar-refractivity contribution in [3.8, 4) is 11.1 Å². The quantitative estimate of drug-likeness (QED) is 0.226. The largest absolute Gasteiger partial charge is 0.480 e. The Morgan fingerprint density at radius 3 is 2.36 bits per heavy atom. The first-order chi connectivity index (χ1) is 21.2. The van der Waals surface area contributed by atoms with Crippen molar-refractivity contribution in [1.29, 1.82) is 0 Å². The first-order valence-electron chi connectivity index (χ1n) is 14.7. The third-order valence-corrected chi connectivity index (χ3v) is 9.41. The number of fused-ring (bicyclic) bond motifs is 2. The molecule has 12 heteroatoms. The number of likely N-dealkylation sites (N-methyl/N-ethyl adjacent to an activating group) is 1. The summed E-state index contributed by atoms with van der Waals surface area (Å²) in [7, 11) is 2.07. The molecule has 6 rings (SSSR count). The van der Waals surface area contributed by atoms with Crippen LogP contribution < -0.4 is 16.0 Å². The van der Waals surface area contributed by atoms with Crippen LogP contribution in [0.4, 0.5) is 11.4 Å². The maximum Gasteiger partial charge on any atom is 0.317 e. The number of carbonyl (C=O) groups is 3. The van der Waals surface area contributed by atoms with Gasteiger partial charge in [-0.25, -0.2) is 4.98 Å². The third kappa shape index (κ3) is 6.01. The van der Waals surface area contributed by atoms with Crippen molar-refractivity contribution >= 4 is 40.5 Å². The number of carboxylic acid groups (broad SMARTS) is 1. The fourth-order valence-corrected chi connectivity index (χ4v) is 7.00. The molecule has 228 valence electrons. The second-order valence-corrected chi connectivity index (χ2v) is 12.5. The van der Waals surface area contributed by atoms with E-state index < -0.39 is 5.97 Å². The molecular weight excluding hydrogens is 578 g/mol. The number of carbonyl (C=O) groups excluding carboxylic acids is 2. The predicted octanol–water partition coefficient (Wildman–Crippen LogP) is 4.63. The van der Waals surface area contributed by atoms with Crippen molar-refractivity contribution in [1.82, 2.24) is 25.0 Å². The van der Waals surface area contributed by atoms with Gasteiger partial charge in [0.15, 0.2) is 10.7 Å². The highest BCUT2D eigenvalue weighted by atomic mass is 32.1. The lowest BCUT2D eigenvalue weighted by molar-refractivity contribution is -0.136. The van der Waals surface area contributed by atoms with E-state index in [0.717, 1.165) is 70.9 Å². The molecule has 2 aliphatic heterocycles. The van der Waals surface area contributed by atoms with E-state index >= 15 is 0 Å². The molecule has 0 spiro atoms. The maximum atomic E-state index is 13.3. The van der Waals surface area contributed by atoms with E-state index in [9.17, 15) is 14.4 Å². The van der Waals surface area contributed by atoms with Gasteiger partial charge < -0.3 is 20.6 Å². The molecule has 1 atom stereocenters. The number of thiazole rings is 1. The van der Waals surface area contributed by atoms with Gasteiger partial charge in [0, 0.05) is 48.3 Å². The Morgan fingerprint density at radius 1 is 1.00 bits per heavy atom. The summed E-state index contributed by atoms with van der Waals surface area (Å²) >= 11 is 1.45.